The summed E-state index contributed by atoms with van der Waals surface area (Å²) in [4.78, 5) is 0. The maximum atomic E-state index is 2.32. The number of hydrogen-bond donors (Lipinski definition) is 0. The molecule has 1 aromatic carbocycles. The van der Waals surface area contributed by atoms with Crippen molar-refractivity contribution in [3.05, 3.63) is 35.4 Å². The molecule has 0 unspecified atom stereocenters. The van der Waals surface area contributed by atoms with Crippen molar-refractivity contribution in [2.45, 2.75) is 37.9 Å². The highest BCUT2D eigenvalue weighted by atomic mass is 32.2. The minimum atomic E-state index is 0.255. The van der Waals surface area contributed by atoms with Gasteiger partial charge < -0.3 is 0 Å². The van der Waals surface area contributed by atoms with E-state index in [1.807, 2.05) is 11.8 Å². The van der Waals surface area contributed by atoms with Gasteiger partial charge in [-0.3, -0.25) is 0 Å². The third kappa shape index (κ3) is 2.57. The Hall–Kier alpha value is -0.430. The molecule has 0 spiro atoms. The fourth-order valence-corrected chi connectivity index (χ4v) is 2.45. The molecule has 0 atom stereocenters. The van der Waals surface area contributed by atoms with E-state index in [9.17, 15) is 0 Å². The number of benzene rings is 1. The number of hydrogen-bond acceptors (Lipinski definition) is 1. The van der Waals surface area contributed by atoms with E-state index in [2.05, 4.69) is 44.4 Å². The fraction of sp³-hybridized carbons (Fsp3) is 0.571. The maximum absolute atomic E-state index is 2.32. The Kier molecular flexibility index (Phi) is 3.11. The van der Waals surface area contributed by atoms with Crippen LogP contribution in [0.4, 0.5) is 0 Å². The minimum Gasteiger partial charge on any atom is -0.154 e. The van der Waals surface area contributed by atoms with Gasteiger partial charge in [-0.15, -0.1) is 0 Å². The molecular formula is C14H20S. The van der Waals surface area contributed by atoms with E-state index in [0.717, 1.165) is 5.92 Å². The maximum Gasteiger partial charge on any atom is 0.0352 e. The van der Waals surface area contributed by atoms with E-state index in [0.29, 0.717) is 0 Å². The van der Waals surface area contributed by atoms with Crippen LogP contribution in [0.5, 0.6) is 0 Å². The lowest BCUT2D eigenvalue weighted by molar-refractivity contribution is 0.743. The average molecular weight is 220 g/mol. The van der Waals surface area contributed by atoms with Crippen molar-refractivity contribution in [3.8, 4) is 0 Å². The molecule has 15 heavy (non-hydrogen) atoms. The normalized spacial score (nSPS) is 16.7. The zero-order valence-electron chi connectivity index (χ0n) is 9.92. The summed E-state index contributed by atoms with van der Waals surface area (Å²) in [6.45, 7) is 4.65. The Bertz CT molecular complexity index is 337. The zero-order valence-corrected chi connectivity index (χ0v) is 10.7. The lowest BCUT2D eigenvalue weighted by Gasteiger charge is -2.25. The monoisotopic (exact) mass is 220 g/mol. The molecular weight excluding hydrogens is 200 g/mol. The summed E-state index contributed by atoms with van der Waals surface area (Å²) in [6, 6.07) is 8.96. The molecule has 0 bridgehead atoms. The Labute approximate surface area is 97.5 Å². The third-order valence-electron chi connectivity index (χ3n) is 3.38. The topological polar surface area (TPSA) is 0 Å². The Morgan fingerprint density at radius 2 is 1.93 bits per heavy atom. The molecule has 82 valence electrons. The van der Waals surface area contributed by atoms with Gasteiger partial charge in [-0.05, 0) is 56.4 Å². The molecule has 0 heterocycles. The first kappa shape index (κ1) is 11.1. The van der Waals surface area contributed by atoms with Crippen molar-refractivity contribution >= 4 is 11.8 Å². The first-order chi connectivity index (χ1) is 7.13. The SMILES string of the molecule is CSC(C)(C)c1ccccc1CC1CC1. The summed E-state index contributed by atoms with van der Waals surface area (Å²) < 4.78 is 0.255. The molecule has 0 aromatic heterocycles. The highest BCUT2D eigenvalue weighted by Crippen LogP contribution is 2.39. The molecule has 1 fully saturated rings. The van der Waals surface area contributed by atoms with Crippen LogP contribution in [0.3, 0.4) is 0 Å². The molecule has 0 radical (unpaired) electrons. The zero-order chi connectivity index (χ0) is 10.9. The second kappa shape index (κ2) is 4.21. The molecule has 0 N–H and O–H groups in total. The molecule has 0 amide bonds. The Morgan fingerprint density at radius 1 is 1.27 bits per heavy atom. The second-order valence-electron chi connectivity index (χ2n) is 5.02. The van der Waals surface area contributed by atoms with Crippen molar-refractivity contribution in [1.82, 2.24) is 0 Å². The first-order valence-corrected chi connectivity index (χ1v) is 6.99. The quantitative estimate of drug-likeness (QED) is 0.731. The predicted molar refractivity (Wildman–Crippen MR) is 69.4 cm³/mol. The highest BCUT2D eigenvalue weighted by Gasteiger charge is 2.26. The number of rotatable bonds is 4. The molecule has 1 saturated carbocycles. The van der Waals surface area contributed by atoms with Gasteiger partial charge in [-0.2, -0.15) is 11.8 Å². The van der Waals surface area contributed by atoms with Gasteiger partial charge in [0, 0.05) is 4.75 Å². The lowest BCUT2D eigenvalue weighted by Crippen LogP contribution is -2.14. The molecule has 0 nitrogen and oxygen atoms in total. The van der Waals surface area contributed by atoms with Gasteiger partial charge in [0.05, 0.1) is 0 Å². The first-order valence-electron chi connectivity index (χ1n) is 5.77. The van der Waals surface area contributed by atoms with Crippen molar-refractivity contribution < 1.29 is 0 Å². The van der Waals surface area contributed by atoms with Gasteiger partial charge in [0.2, 0.25) is 0 Å². The predicted octanol–water partition coefficient (Wildman–Crippen LogP) is 4.24. The molecule has 0 saturated heterocycles. The van der Waals surface area contributed by atoms with Crippen molar-refractivity contribution in [2.24, 2.45) is 5.92 Å². The molecule has 2 rings (SSSR count). The average Bonchev–Trinajstić information content (AvgIpc) is 3.02. The van der Waals surface area contributed by atoms with Gasteiger partial charge >= 0.3 is 0 Å². The van der Waals surface area contributed by atoms with E-state index in [1.54, 1.807) is 5.56 Å². The van der Waals surface area contributed by atoms with Crippen LogP contribution in [0.15, 0.2) is 24.3 Å². The van der Waals surface area contributed by atoms with Crippen LogP contribution in [-0.2, 0) is 11.2 Å². The highest BCUT2D eigenvalue weighted by molar-refractivity contribution is 7.99. The van der Waals surface area contributed by atoms with Crippen LogP contribution >= 0.6 is 11.8 Å². The Morgan fingerprint density at radius 3 is 2.53 bits per heavy atom. The standard InChI is InChI=1S/C14H20S/c1-14(2,15-3)13-7-5-4-6-12(13)10-11-8-9-11/h4-7,11H,8-10H2,1-3H3. The summed E-state index contributed by atoms with van der Waals surface area (Å²) in [7, 11) is 0. The van der Waals surface area contributed by atoms with Gasteiger partial charge in [0.15, 0.2) is 0 Å². The number of thioether (sulfide) groups is 1. The van der Waals surface area contributed by atoms with Crippen LogP contribution in [0, 0.1) is 5.92 Å². The Balaban J connectivity index is 2.27. The second-order valence-corrected chi connectivity index (χ2v) is 6.45. The molecule has 1 aliphatic rings. The van der Waals surface area contributed by atoms with E-state index in [1.165, 1.54) is 24.8 Å². The summed E-state index contributed by atoms with van der Waals surface area (Å²) in [5.74, 6) is 0.976. The largest absolute Gasteiger partial charge is 0.154 e. The third-order valence-corrected chi connectivity index (χ3v) is 4.62. The van der Waals surface area contributed by atoms with Crippen LogP contribution < -0.4 is 0 Å². The summed E-state index contributed by atoms with van der Waals surface area (Å²) in [6.07, 6.45) is 6.37. The van der Waals surface area contributed by atoms with Gasteiger partial charge in [-0.1, -0.05) is 24.3 Å². The smallest absolute Gasteiger partial charge is 0.0352 e. The van der Waals surface area contributed by atoms with Crippen molar-refractivity contribution in [1.29, 1.82) is 0 Å². The van der Waals surface area contributed by atoms with E-state index < -0.39 is 0 Å². The molecule has 0 aliphatic heterocycles. The minimum absolute atomic E-state index is 0.255. The van der Waals surface area contributed by atoms with Crippen molar-refractivity contribution in [2.75, 3.05) is 6.26 Å². The lowest BCUT2D eigenvalue weighted by atomic mass is 9.93. The molecule has 1 aliphatic carbocycles. The van der Waals surface area contributed by atoms with Crippen LogP contribution in [0.25, 0.3) is 0 Å². The summed E-state index contributed by atoms with van der Waals surface area (Å²) in [5.41, 5.74) is 3.10. The van der Waals surface area contributed by atoms with Crippen molar-refractivity contribution in [3.63, 3.8) is 0 Å². The van der Waals surface area contributed by atoms with E-state index in [4.69, 9.17) is 0 Å². The van der Waals surface area contributed by atoms with Crippen LogP contribution in [0.2, 0.25) is 0 Å². The van der Waals surface area contributed by atoms with E-state index >= 15 is 0 Å². The molecule has 1 heteroatoms. The van der Waals surface area contributed by atoms with Gasteiger partial charge in [0.25, 0.3) is 0 Å². The van der Waals surface area contributed by atoms with Gasteiger partial charge in [-0.25, -0.2) is 0 Å². The fourth-order valence-electron chi connectivity index (χ4n) is 2.03. The summed E-state index contributed by atoms with van der Waals surface area (Å²) in [5, 5.41) is 0. The summed E-state index contributed by atoms with van der Waals surface area (Å²) >= 11 is 1.94. The molecule has 1 aromatic rings. The van der Waals surface area contributed by atoms with E-state index in [-0.39, 0.29) is 4.75 Å². The van der Waals surface area contributed by atoms with Crippen LogP contribution in [0.1, 0.15) is 37.8 Å². The van der Waals surface area contributed by atoms with Gasteiger partial charge in [0.1, 0.15) is 0 Å². The van der Waals surface area contributed by atoms with Crippen LogP contribution in [-0.4, -0.2) is 6.26 Å².